The van der Waals surface area contributed by atoms with Crippen LogP contribution in [-0.4, -0.2) is 23.3 Å². The molecule has 1 unspecified atom stereocenters. The number of H-pyrrole nitrogens is 1. The van der Waals surface area contributed by atoms with Gasteiger partial charge in [0.1, 0.15) is 5.02 Å². The summed E-state index contributed by atoms with van der Waals surface area (Å²) in [5.74, 6) is 0. The van der Waals surface area contributed by atoms with E-state index in [1.54, 1.807) is 13.2 Å². The van der Waals surface area contributed by atoms with Crippen molar-refractivity contribution in [1.82, 2.24) is 9.55 Å². The Balaban J connectivity index is 2.65. The van der Waals surface area contributed by atoms with Gasteiger partial charge in [-0.05, 0) is 25.5 Å². The van der Waals surface area contributed by atoms with Crippen LogP contribution in [0.3, 0.4) is 0 Å². The van der Waals surface area contributed by atoms with Gasteiger partial charge < -0.3 is 14.3 Å². The normalized spacial score (nSPS) is 13.2. The molecule has 1 N–H and O–H groups in total. The first-order valence-corrected chi connectivity index (χ1v) is 5.81. The van der Waals surface area contributed by atoms with Gasteiger partial charge in [-0.25, -0.2) is 0 Å². The molecule has 0 saturated heterocycles. The number of ether oxygens (including phenoxy) is 1. The zero-order chi connectivity index (χ0) is 12.6. The van der Waals surface area contributed by atoms with Crippen molar-refractivity contribution in [3.05, 3.63) is 33.2 Å². The maximum Gasteiger partial charge on any atom is 0.267 e. The standard InChI is InChI=1S/C12H15ClN2O2/c1-7-5-15(8(2)6-17-3)10-4-9(13)12(16)14-11(7)10/h4-5,8H,6H2,1-3H3,(H,14,16). The summed E-state index contributed by atoms with van der Waals surface area (Å²) in [5.41, 5.74) is 2.54. The van der Waals surface area contributed by atoms with E-state index in [4.69, 9.17) is 16.3 Å². The lowest BCUT2D eigenvalue weighted by molar-refractivity contribution is 0.164. The molecule has 92 valence electrons. The van der Waals surface area contributed by atoms with E-state index in [9.17, 15) is 4.79 Å². The van der Waals surface area contributed by atoms with E-state index in [1.807, 2.05) is 13.1 Å². The molecule has 1 atom stereocenters. The minimum atomic E-state index is -0.251. The second-order valence-corrected chi connectivity index (χ2v) is 4.64. The molecule has 0 aromatic carbocycles. The lowest BCUT2D eigenvalue weighted by Crippen LogP contribution is -2.11. The molecule has 2 rings (SSSR count). The van der Waals surface area contributed by atoms with Crippen LogP contribution in [-0.2, 0) is 4.74 Å². The number of halogens is 1. The lowest BCUT2D eigenvalue weighted by Gasteiger charge is -2.13. The molecule has 0 radical (unpaired) electrons. The van der Waals surface area contributed by atoms with Gasteiger partial charge in [0.05, 0.1) is 23.7 Å². The Labute approximate surface area is 104 Å². The summed E-state index contributed by atoms with van der Waals surface area (Å²) in [7, 11) is 1.67. The van der Waals surface area contributed by atoms with Crippen molar-refractivity contribution in [3.63, 3.8) is 0 Å². The molecule has 0 aliphatic heterocycles. The van der Waals surface area contributed by atoms with E-state index in [1.165, 1.54) is 0 Å². The van der Waals surface area contributed by atoms with Gasteiger partial charge in [-0.3, -0.25) is 4.79 Å². The molecule has 2 aromatic rings. The molecular formula is C12H15ClN2O2. The molecular weight excluding hydrogens is 240 g/mol. The van der Waals surface area contributed by atoms with E-state index in [0.717, 1.165) is 16.6 Å². The topological polar surface area (TPSA) is 47.0 Å². The Morgan fingerprint density at radius 3 is 2.94 bits per heavy atom. The number of hydrogen-bond donors (Lipinski definition) is 1. The second kappa shape index (κ2) is 4.55. The van der Waals surface area contributed by atoms with Gasteiger partial charge in [0, 0.05) is 13.3 Å². The highest BCUT2D eigenvalue weighted by molar-refractivity contribution is 6.31. The van der Waals surface area contributed by atoms with Gasteiger partial charge in [0.15, 0.2) is 0 Å². The van der Waals surface area contributed by atoms with Crippen molar-refractivity contribution < 1.29 is 4.74 Å². The van der Waals surface area contributed by atoms with Crippen LogP contribution in [0, 0.1) is 6.92 Å². The van der Waals surface area contributed by atoms with Gasteiger partial charge in [0.25, 0.3) is 5.56 Å². The Bertz CT molecular complexity index is 600. The minimum Gasteiger partial charge on any atom is -0.383 e. The Morgan fingerprint density at radius 1 is 1.59 bits per heavy atom. The molecule has 2 aromatic heterocycles. The zero-order valence-corrected chi connectivity index (χ0v) is 10.8. The zero-order valence-electron chi connectivity index (χ0n) is 10.1. The summed E-state index contributed by atoms with van der Waals surface area (Å²) >= 11 is 5.86. The number of methoxy groups -OCH3 is 1. The smallest absolute Gasteiger partial charge is 0.267 e. The number of aromatic nitrogens is 2. The van der Waals surface area contributed by atoms with Crippen molar-refractivity contribution >= 4 is 22.6 Å². The fourth-order valence-corrected chi connectivity index (χ4v) is 2.18. The van der Waals surface area contributed by atoms with Crippen LogP contribution in [0.2, 0.25) is 5.02 Å². The van der Waals surface area contributed by atoms with Crippen LogP contribution in [0.15, 0.2) is 17.1 Å². The number of aromatic amines is 1. The maximum absolute atomic E-state index is 11.5. The quantitative estimate of drug-likeness (QED) is 0.915. The van der Waals surface area contributed by atoms with Crippen molar-refractivity contribution in [2.45, 2.75) is 19.9 Å². The van der Waals surface area contributed by atoms with Crippen molar-refractivity contribution in [1.29, 1.82) is 0 Å². The SMILES string of the molecule is COCC(C)n1cc(C)c2[nH]c(=O)c(Cl)cc21. The third kappa shape index (κ3) is 2.10. The average Bonchev–Trinajstić information content (AvgIpc) is 2.58. The maximum atomic E-state index is 11.5. The Kier molecular flexibility index (Phi) is 3.26. The van der Waals surface area contributed by atoms with E-state index in [0.29, 0.717) is 6.61 Å². The lowest BCUT2D eigenvalue weighted by atomic mass is 10.3. The van der Waals surface area contributed by atoms with Crippen molar-refractivity contribution in [2.24, 2.45) is 0 Å². The van der Waals surface area contributed by atoms with Gasteiger partial charge in [-0.1, -0.05) is 11.6 Å². The molecule has 0 amide bonds. The van der Waals surface area contributed by atoms with Crippen LogP contribution in [0.4, 0.5) is 0 Å². The van der Waals surface area contributed by atoms with Crippen molar-refractivity contribution in [3.8, 4) is 0 Å². The van der Waals surface area contributed by atoms with E-state index in [2.05, 4.69) is 16.5 Å². The third-order valence-electron chi connectivity index (χ3n) is 2.86. The largest absolute Gasteiger partial charge is 0.383 e. The second-order valence-electron chi connectivity index (χ2n) is 4.23. The fourth-order valence-electron chi connectivity index (χ4n) is 2.03. The highest BCUT2D eigenvalue weighted by atomic mass is 35.5. The minimum absolute atomic E-state index is 0.193. The number of hydrogen-bond acceptors (Lipinski definition) is 2. The molecule has 0 saturated carbocycles. The van der Waals surface area contributed by atoms with Gasteiger partial charge >= 0.3 is 0 Å². The number of nitrogens with zero attached hydrogens (tertiary/aromatic N) is 1. The Morgan fingerprint density at radius 2 is 2.29 bits per heavy atom. The first-order chi connectivity index (χ1) is 8.04. The van der Waals surface area contributed by atoms with Gasteiger partial charge in [-0.15, -0.1) is 0 Å². The number of aryl methyl sites for hydroxylation is 1. The fraction of sp³-hybridized carbons (Fsp3) is 0.417. The molecule has 0 spiro atoms. The molecule has 0 fully saturated rings. The highest BCUT2D eigenvalue weighted by Crippen LogP contribution is 2.23. The summed E-state index contributed by atoms with van der Waals surface area (Å²) in [5, 5.41) is 0.210. The van der Waals surface area contributed by atoms with Crippen LogP contribution < -0.4 is 5.56 Å². The monoisotopic (exact) mass is 254 g/mol. The first kappa shape index (κ1) is 12.2. The predicted molar refractivity (Wildman–Crippen MR) is 68.9 cm³/mol. The molecule has 4 nitrogen and oxygen atoms in total. The van der Waals surface area contributed by atoms with Crippen LogP contribution in [0.5, 0.6) is 0 Å². The summed E-state index contributed by atoms with van der Waals surface area (Å²) in [4.78, 5) is 14.3. The number of pyridine rings is 1. The van der Waals surface area contributed by atoms with Crippen molar-refractivity contribution in [2.75, 3.05) is 13.7 Å². The van der Waals surface area contributed by atoms with E-state index in [-0.39, 0.29) is 16.6 Å². The number of nitrogens with one attached hydrogen (secondary N) is 1. The summed E-state index contributed by atoms with van der Waals surface area (Å²) < 4.78 is 7.21. The first-order valence-electron chi connectivity index (χ1n) is 5.43. The molecule has 17 heavy (non-hydrogen) atoms. The van der Waals surface area contributed by atoms with Crippen LogP contribution in [0.25, 0.3) is 11.0 Å². The van der Waals surface area contributed by atoms with Crippen LogP contribution >= 0.6 is 11.6 Å². The summed E-state index contributed by atoms with van der Waals surface area (Å²) in [6, 6.07) is 1.90. The van der Waals surface area contributed by atoms with E-state index < -0.39 is 0 Å². The number of fused-ring (bicyclic) bond motifs is 1. The molecule has 5 heteroatoms. The number of rotatable bonds is 3. The molecule has 2 heterocycles. The average molecular weight is 255 g/mol. The van der Waals surface area contributed by atoms with Crippen LogP contribution in [0.1, 0.15) is 18.5 Å². The molecule has 0 aliphatic rings. The molecule has 0 aliphatic carbocycles. The van der Waals surface area contributed by atoms with Gasteiger partial charge in [-0.2, -0.15) is 0 Å². The van der Waals surface area contributed by atoms with E-state index >= 15 is 0 Å². The molecule has 0 bridgehead atoms. The summed E-state index contributed by atoms with van der Waals surface area (Å²) in [6.45, 7) is 4.63. The highest BCUT2D eigenvalue weighted by Gasteiger charge is 2.13. The predicted octanol–water partition coefficient (Wildman–Crippen LogP) is 2.50. The summed E-state index contributed by atoms with van der Waals surface area (Å²) in [6.07, 6.45) is 2.00. The Hall–Kier alpha value is -1.26. The van der Waals surface area contributed by atoms with Gasteiger partial charge in [0.2, 0.25) is 0 Å². The third-order valence-corrected chi connectivity index (χ3v) is 3.14.